The van der Waals surface area contributed by atoms with Gasteiger partial charge in [0.25, 0.3) is 0 Å². The van der Waals surface area contributed by atoms with E-state index in [0.717, 1.165) is 19.5 Å². The third-order valence-corrected chi connectivity index (χ3v) is 5.51. The summed E-state index contributed by atoms with van der Waals surface area (Å²) in [6.07, 6.45) is 0.973. The zero-order chi connectivity index (χ0) is 11.3. The van der Waals surface area contributed by atoms with E-state index in [9.17, 15) is 4.57 Å². The fourth-order valence-electron chi connectivity index (χ4n) is 1.77. The molecule has 1 aliphatic heterocycles. The van der Waals surface area contributed by atoms with Gasteiger partial charge in [0.15, 0.2) is 0 Å². The van der Waals surface area contributed by atoms with Crippen molar-refractivity contribution in [1.82, 2.24) is 9.34 Å². The van der Waals surface area contributed by atoms with E-state index in [-0.39, 0.29) is 0 Å². The highest BCUT2D eigenvalue weighted by molar-refractivity contribution is 7.54. The fraction of sp³-hybridized carbons (Fsp3) is 1.00. The highest BCUT2D eigenvalue weighted by atomic mass is 35.5. The quantitative estimate of drug-likeness (QED) is 0.569. The summed E-state index contributed by atoms with van der Waals surface area (Å²) in [5.74, 6) is 0.921. The Balaban J connectivity index is 2.76. The summed E-state index contributed by atoms with van der Waals surface area (Å²) >= 11 is 11.4. The molecule has 0 aromatic carbocycles. The highest BCUT2D eigenvalue weighted by Gasteiger charge is 2.39. The molecule has 1 fully saturated rings. The predicted octanol–water partition coefficient (Wildman–Crippen LogP) is 2.23. The zero-order valence-electron chi connectivity index (χ0n) is 8.86. The van der Waals surface area contributed by atoms with E-state index in [1.807, 2.05) is 9.34 Å². The van der Waals surface area contributed by atoms with Crippen molar-refractivity contribution in [1.29, 1.82) is 0 Å². The Kier molecular flexibility index (Phi) is 5.90. The van der Waals surface area contributed by atoms with Crippen LogP contribution in [0.15, 0.2) is 0 Å². The van der Waals surface area contributed by atoms with Gasteiger partial charge in [0, 0.05) is 45.0 Å². The average molecular weight is 275 g/mol. The summed E-state index contributed by atoms with van der Waals surface area (Å²) in [5.41, 5.74) is 0. The molecule has 1 heterocycles. The minimum absolute atomic E-state index is 0.460. The van der Waals surface area contributed by atoms with Gasteiger partial charge in [0.1, 0.15) is 0 Å². The van der Waals surface area contributed by atoms with Crippen LogP contribution in [0.4, 0.5) is 0 Å². The molecule has 0 radical (unpaired) electrons. The molecule has 0 aromatic heterocycles. The van der Waals surface area contributed by atoms with Crippen LogP contribution in [0.2, 0.25) is 0 Å². The molecule has 0 atom stereocenters. The second kappa shape index (κ2) is 6.43. The van der Waals surface area contributed by atoms with E-state index in [1.165, 1.54) is 7.11 Å². The fourth-order valence-corrected chi connectivity index (χ4v) is 4.73. The standard InChI is InChI=1S/C8H17Cl2N2O2P/c1-14-15(13)11(7-3-9)5-2-6-12(15)8-4-10/h2-8H2,1H3. The van der Waals surface area contributed by atoms with Crippen LogP contribution in [-0.2, 0) is 9.09 Å². The Morgan fingerprint density at radius 2 is 1.67 bits per heavy atom. The van der Waals surface area contributed by atoms with Crippen LogP contribution in [0.25, 0.3) is 0 Å². The molecule has 0 bridgehead atoms. The zero-order valence-corrected chi connectivity index (χ0v) is 11.3. The van der Waals surface area contributed by atoms with Gasteiger partial charge in [-0.05, 0) is 6.42 Å². The third kappa shape index (κ3) is 3.09. The molecular formula is C8H17Cl2N2O2P. The SMILES string of the molecule is COP1(=O)N(CCCl)CCCN1CCCl. The van der Waals surface area contributed by atoms with E-state index >= 15 is 0 Å². The summed E-state index contributed by atoms with van der Waals surface area (Å²) in [6, 6.07) is 0. The van der Waals surface area contributed by atoms with Crippen LogP contribution in [0.5, 0.6) is 0 Å². The normalized spacial score (nSPS) is 23.1. The molecule has 90 valence electrons. The molecule has 0 aliphatic carbocycles. The first-order chi connectivity index (χ1) is 7.19. The van der Waals surface area contributed by atoms with Crippen molar-refractivity contribution in [3.63, 3.8) is 0 Å². The van der Waals surface area contributed by atoms with Gasteiger partial charge in [-0.3, -0.25) is 4.57 Å². The molecule has 0 aromatic rings. The molecule has 15 heavy (non-hydrogen) atoms. The minimum Gasteiger partial charge on any atom is -0.309 e. The van der Waals surface area contributed by atoms with Gasteiger partial charge in [-0.2, -0.15) is 0 Å². The first kappa shape index (κ1) is 13.8. The van der Waals surface area contributed by atoms with Crippen LogP contribution in [0.3, 0.4) is 0 Å². The predicted molar refractivity (Wildman–Crippen MR) is 63.8 cm³/mol. The Bertz CT molecular complexity index is 221. The molecule has 1 rings (SSSR count). The summed E-state index contributed by atoms with van der Waals surface area (Å²) in [7, 11) is -1.37. The molecule has 0 amide bonds. The van der Waals surface area contributed by atoms with E-state index in [4.69, 9.17) is 27.7 Å². The monoisotopic (exact) mass is 274 g/mol. The van der Waals surface area contributed by atoms with E-state index in [2.05, 4.69) is 0 Å². The topological polar surface area (TPSA) is 32.8 Å². The van der Waals surface area contributed by atoms with E-state index in [0.29, 0.717) is 24.8 Å². The van der Waals surface area contributed by atoms with Gasteiger partial charge in [0.05, 0.1) is 0 Å². The first-order valence-corrected chi connectivity index (χ1v) is 7.57. The van der Waals surface area contributed by atoms with Gasteiger partial charge in [0.2, 0.25) is 0 Å². The van der Waals surface area contributed by atoms with Crippen molar-refractivity contribution in [2.75, 3.05) is 45.0 Å². The number of hydrogen-bond donors (Lipinski definition) is 0. The number of rotatable bonds is 5. The summed E-state index contributed by atoms with van der Waals surface area (Å²) in [4.78, 5) is 0. The molecule has 1 saturated heterocycles. The molecule has 0 saturated carbocycles. The highest BCUT2D eigenvalue weighted by Crippen LogP contribution is 2.55. The maximum absolute atomic E-state index is 12.6. The van der Waals surface area contributed by atoms with Crippen molar-refractivity contribution in [3.8, 4) is 0 Å². The lowest BCUT2D eigenvalue weighted by Gasteiger charge is -2.41. The average Bonchev–Trinajstić information content (AvgIpc) is 2.25. The lowest BCUT2D eigenvalue weighted by Crippen LogP contribution is -2.41. The van der Waals surface area contributed by atoms with Gasteiger partial charge in [-0.1, -0.05) is 0 Å². The van der Waals surface area contributed by atoms with Crippen molar-refractivity contribution < 1.29 is 9.09 Å². The first-order valence-electron chi connectivity index (χ1n) is 4.97. The Labute approximate surface area is 101 Å². The van der Waals surface area contributed by atoms with Crippen molar-refractivity contribution in [2.45, 2.75) is 6.42 Å². The van der Waals surface area contributed by atoms with Crippen molar-refractivity contribution in [2.24, 2.45) is 0 Å². The molecule has 4 nitrogen and oxygen atoms in total. The summed E-state index contributed by atoms with van der Waals surface area (Å²) in [5, 5.41) is 0. The molecule has 1 aliphatic rings. The van der Waals surface area contributed by atoms with Crippen molar-refractivity contribution >= 4 is 30.9 Å². The molecule has 0 unspecified atom stereocenters. The van der Waals surface area contributed by atoms with Gasteiger partial charge in [-0.25, -0.2) is 9.34 Å². The van der Waals surface area contributed by atoms with Crippen LogP contribution < -0.4 is 0 Å². The second-order valence-corrected chi connectivity index (χ2v) is 6.55. The van der Waals surface area contributed by atoms with E-state index < -0.39 is 7.67 Å². The van der Waals surface area contributed by atoms with Crippen LogP contribution in [-0.4, -0.2) is 54.4 Å². The molecule has 0 N–H and O–H groups in total. The second-order valence-electron chi connectivity index (χ2n) is 3.31. The Morgan fingerprint density at radius 3 is 2.00 bits per heavy atom. The molecular weight excluding hydrogens is 258 g/mol. The maximum atomic E-state index is 12.6. The van der Waals surface area contributed by atoms with Gasteiger partial charge >= 0.3 is 7.67 Å². The number of alkyl halides is 2. The van der Waals surface area contributed by atoms with Crippen LogP contribution in [0, 0.1) is 0 Å². The van der Waals surface area contributed by atoms with E-state index in [1.54, 1.807) is 0 Å². The number of hydrogen-bond acceptors (Lipinski definition) is 2. The lowest BCUT2D eigenvalue weighted by molar-refractivity contribution is 0.212. The van der Waals surface area contributed by atoms with Gasteiger partial charge < -0.3 is 4.52 Å². The maximum Gasteiger partial charge on any atom is 0.345 e. The molecule has 7 heteroatoms. The summed E-state index contributed by atoms with van der Waals surface area (Å²) < 4.78 is 21.4. The van der Waals surface area contributed by atoms with Crippen LogP contribution >= 0.6 is 30.9 Å². The Morgan fingerprint density at radius 1 is 1.20 bits per heavy atom. The van der Waals surface area contributed by atoms with Gasteiger partial charge in [-0.15, -0.1) is 23.2 Å². The third-order valence-electron chi connectivity index (χ3n) is 2.47. The largest absolute Gasteiger partial charge is 0.345 e. The number of nitrogens with zero attached hydrogens (tertiary/aromatic N) is 2. The lowest BCUT2D eigenvalue weighted by atomic mass is 10.4. The van der Waals surface area contributed by atoms with Crippen LogP contribution in [0.1, 0.15) is 6.42 Å². The minimum atomic E-state index is -2.85. The molecule has 0 spiro atoms. The smallest absolute Gasteiger partial charge is 0.309 e. The summed E-state index contributed by atoms with van der Waals surface area (Å²) in [6.45, 7) is 2.73. The van der Waals surface area contributed by atoms with Crippen molar-refractivity contribution in [3.05, 3.63) is 0 Å². The Hall–Kier alpha value is 0.690. The number of halogens is 2.